The number of benzene rings is 2. The van der Waals surface area contributed by atoms with Gasteiger partial charge in [-0.05, 0) is 24.5 Å². The van der Waals surface area contributed by atoms with Crippen molar-refractivity contribution in [3.8, 4) is 0 Å². The Hall–Kier alpha value is -2.66. The average Bonchev–Trinajstić information content (AvgIpc) is 2.66. The van der Waals surface area contributed by atoms with Crippen molar-refractivity contribution >= 4 is 11.9 Å². The lowest BCUT2D eigenvalue weighted by molar-refractivity contribution is -0.145. The number of ether oxygens (including phenoxy) is 1. The third-order valence-corrected chi connectivity index (χ3v) is 4.01. The molecule has 1 N–H and O–H groups in total. The van der Waals surface area contributed by atoms with Gasteiger partial charge < -0.3 is 14.7 Å². The minimum Gasteiger partial charge on any atom is -0.481 e. The maximum absolute atomic E-state index is 13.2. The van der Waals surface area contributed by atoms with Gasteiger partial charge in [-0.3, -0.25) is 9.59 Å². The Kier molecular flexibility index (Phi) is 7.83. The number of carboxylic acid groups (broad SMARTS) is 1. The molecule has 1 amide bonds. The molecule has 5 nitrogen and oxygen atoms in total. The zero-order valence-electron chi connectivity index (χ0n) is 15.0. The van der Waals surface area contributed by atoms with E-state index < -0.39 is 12.1 Å². The smallest absolute Gasteiger partial charge is 0.303 e. The van der Waals surface area contributed by atoms with Crippen LogP contribution in [0.1, 0.15) is 37.0 Å². The lowest BCUT2D eigenvalue weighted by Gasteiger charge is -2.27. The van der Waals surface area contributed by atoms with Gasteiger partial charge in [-0.25, -0.2) is 0 Å². The van der Waals surface area contributed by atoms with E-state index in [0.717, 1.165) is 11.1 Å². The number of hydrogen-bond acceptors (Lipinski definition) is 3. The molecule has 1 atom stereocenters. The van der Waals surface area contributed by atoms with Crippen LogP contribution in [0.25, 0.3) is 0 Å². The predicted molar refractivity (Wildman–Crippen MR) is 99.5 cm³/mol. The van der Waals surface area contributed by atoms with Crippen LogP contribution < -0.4 is 0 Å². The summed E-state index contributed by atoms with van der Waals surface area (Å²) in [4.78, 5) is 25.7. The standard InChI is InChI=1S/C21H25NO4/c1-2-26-20(18-12-7-4-8-13-18)21(25)22(15-9-14-19(23)24)16-17-10-5-3-6-11-17/h3-8,10-13,20H,2,9,14-16H2,1H3,(H,23,24). The maximum atomic E-state index is 13.2. The Morgan fingerprint density at radius 1 is 1.04 bits per heavy atom. The van der Waals surface area contributed by atoms with E-state index in [2.05, 4.69) is 0 Å². The zero-order valence-corrected chi connectivity index (χ0v) is 15.0. The van der Waals surface area contributed by atoms with E-state index >= 15 is 0 Å². The molecule has 0 heterocycles. The SMILES string of the molecule is CCOC(C(=O)N(CCCC(=O)O)Cc1ccccc1)c1ccccc1. The molecule has 2 aromatic carbocycles. The lowest BCUT2D eigenvalue weighted by Crippen LogP contribution is -2.36. The number of carboxylic acids is 1. The van der Waals surface area contributed by atoms with E-state index in [1.807, 2.05) is 67.6 Å². The quantitative estimate of drug-likeness (QED) is 0.706. The van der Waals surface area contributed by atoms with Crippen molar-refractivity contribution < 1.29 is 19.4 Å². The van der Waals surface area contributed by atoms with Gasteiger partial charge in [0.25, 0.3) is 5.91 Å². The summed E-state index contributed by atoms with van der Waals surface area (Å²) in [6, 6.07) is 19.1. The molecule has 0 saturated carbocycles. The number of hydrogen-bond donors (Lipinski definition) is 1. The highest BCUT2D eigenvalue weighted by atomic mass is 16.5. The minimum absolute atomic E-state index is 0.0310. The molecule has 26 heavy (non-hydrogen) atoms. The van der Waals surface area contributed by atoms with Crippen LogP contribution >= 0.6 is 0 Å². The first-order valence-corrected chi connectivity index (χ1v) is 8.83. The van der Waals surface area contributed by atoms with Crippen LogP contribution in [0.2, 0.25) is 0 Å². The van der Waals surface area contributed by atoms with Crippen molar-refractivity contribution in [1.82, 2.24) is 4.90 Å². The third-order valence-electron chi connectivity index (χ3n) is 4.01. The first-order chi connectivity index (χ1) is 12.6. The molecule has 0 aromatic heterocycles. The Morgan fingerprint density at radius 2 is 1.65 bits per heavy atom. The molecule has 5 heteroatoms. The number of rotatable bonds is 10. The summed E-state index contributed by atoms with van der Waals surface area (Å²) in [6.45, 7) is 3.07. The second-order valence-corrected chi connectivity index (χ2v) is 5.99. The van der Waals surface area contributed by atoms with Gasteiger partial charge in [0.15, 0.2) is 6.10 Å². The molecular weight excluding hydrogens is 330 g/mol. The summed E-state index contributed by atoms with van der Waals surface area (Å²) in [5, 5.41) is 8.90. The minimum atomic E-state index is -0.860. The molecule has 2 rings (SSSR count). The number of carbonyl (C=O) groups is 2. The first-order valence-electron chi connectivity index (χ1n) is 8.83. The molecule has 138 valence electrons. The number of aliphatic carboxylic acids is 1. The third kappa shape index (κ3) is 6.01. The Labute approximate surface area is 154 Å². The van der Waals surface area contributed by atoms with Crippen molar-refractivity contribution in [2.45, 2.75) is 32.4 Å². The van der Waals surface area contributed by atoms with Crippen molar-refractivity contribution in [2.75, 3.05) is 13.2 Å². The predicted octanol–water partition coefficient (Wildman–Crippen LogP) is 3.66. The fourth-order valence-electron chi connectivity index (χ4n) is 2.76. The first kappa shape index (κ1) is 19.7. The maximum Gasteiger partial charge on any atom is 0.303 e. The molecule has 0 spiro atoms. The van der Waals surface area contributed by atoms with Gasteiger partial charge in [0.05, 0.1) is 0 Å². The van der Waals surface area contributed by atoms with E-state index in [0.29, 0.717) is 26.1 Å². The van der Waals surface area contributed by atoms with Gasteiger partial charge in [0.1, 0.15) is 0 Å². The van der Waals surface area contributed by atoms with E-state index in [1.54, 1.807) is 4.90 Å². The molecular formula is C21H25NO4. The van der Waals surface area contributed by atoms with Gasteiger partial charge >= 0.3 is 5.97 Å². The highest BCUT2D eigenvalue weighted by Gasteiger charge is 2.26. The second-order valence-electron chi connectivity index (χ2n) is 5.99. The van der Waals surface area contributed by atoms with Crippen LogP contribution in [0.3, 0.4) is 0 Å². The summed E-state index contributed by atoms with van der Waals surface area (Å²) >= 11 is 0. The number of amides is 1. The fraction of sp³-hybridized carbons (Fsp3) is 0.333. The monoisotopic (exact) mass is 355 g/mol. The van der Waals surface area contributed by atoms with Crippen LogP contribution in [0.4, 0.5) is 0 Å². The van der Waals surface area contributed by atoms with Gasteiger partial charge in [0.2, 0.25) is 0 Å². The molecule has 0 aliphatic heterocycles. The molecule has 0 saturated heterocycles. The highest BCUT2D eigenvalue weighted by molar-refractivity contribution is 5.82. The van der Waals surface area contributed by atoms with Crippen LogP contribution in [0, 0.1) is 0 Å². The van der Waals surface area contributed by atoms with E-state index in [9.17, 15) is 9.59 Å². The van der Waals surface area contributed by atoms with Crippen molar-refractivity contribution in [3.63, 3.8) is 0 Å². The zero-order chi connectivity index (χ0) is 18.8. The molecule has 1 unspecified atom stereocenters. The van der Waals surface area contributed by atoms with Crippen LogP contribution in [0.5, 0.6) is 0 Å². The molecule has 0 radical (unpaired) electrons. The molecule has 0 aliphatic carbocycles. The summed E-state index contributed by atoms with van der Waals surface area (Å²) in [5.41, 5.74) is 1.80. The number of nitrogens with zero attached hydrogens (tertiary/aromatic N) is 1. The Morgan fingerprint density at radius 3 is 2.23 bits per heavy atom. The van der Waals surface area contributed by atoms with E-state index in [4.69, 9.17) is 9.84 Å². The van der Waals surface area contributed by atoms with Gasteiger partial charge in [-0.1, -0.05) is 60.7 Å². The molecule has 0 fully saturated rings. The van der Waals surface area contributed by atoms with Crippen LogP contribution in [-0.2, 0) is 20.9 Å². The van der Waals surface area contributed by atoms with E-state index in [1.165, 1.54) is 0 Å². The topological polar surface area (TPSA) is 66.8 Å². The normalized spacial score (nSPS) is 11.7. The summed E-state index contributed by atoms with van der Waals surface area (Å²) < 4.78 is 5.73. The Balaban J connectivity index is 2.19. The summed E-state index contributed by atoms with van der Waals surface area (Å²) in [5.74, 6) is -1.01. The average molecular weight is 355 g/mol. The lowest BCUT2D eigenvalue weighted by atomic mass is 10.1. The van der Waals surface area contributed by atoms with Crippen molar-refractivity contribution in [2.24, 2.45) is 0 Å². The Bertz CT molecular complexity index is 688. The van der Waals surface area contributed by atoms with Gasteiger partial charge in [-0.15, -0.1) is 0 Å². The number of carbonyl (C=O) groups excluding carboxylic acids is 1. The molecule has 2 aromatic rings. The van der Waals surface area contributed by atoms with Gasteiger partial charge in [-0.2, -0.15) is 0 Å². The second kappa shape index (κ2) is 10.4. The molecule has 0 aliphatic rings. The largest absolute Gasteiger partial charge is 0.481 e. The summed E-state index contributed by atoms with van der Waals surface area (Å²) in [6.07, 6.45) is -0.250. The molecule has 0 bridgehead atoms. The van der Waals surface area contributed by atoms with Crippen LogP contribution in [0.15, 0.2) is 60.7 Å². The van der Waals surface area contributed by atoms with Gasteiger partial charge in [0, 0.05) is 26.1 Å². The highest BCUT2D eigenvalue weighted by Crippen LogP contribution is 2.22. The van der Waals surface area contributed by atoms with Crippen molar-refractivity contribution in [3.05, 3.63) is 71.8 Å². The van der Waals surface area contributed by atoms with Crippen molar-refractivity contribution in [1.29, 1.82) is 0 Å². The van der Waals surface area contributed by atoms with E-state index in [-0.39, 0.29) is 12.3 Å². The summed E-state index contributed by atoms with van der Waals surface area (Å²) in [7, 11) is 0. The fourth-order valence-corrected chi connectivity index (χ4v) is 2.76. The van der Waals surface area contributed by atoms with Crippen LogP contribution in [-0.4, -0.2) is 35.0 Å².